The van der Waals surface area contributed by atoms with E-state index in [4.69, 9.17) is 0 Å². The average Bonchev–Trinajstić information content (AvgIpc) is 2.18. The SMILES string of the molecule is Fc1cc(CCC(F)F)c(F)c(F)c1F. The van der Waals surface area contributed by atoms with Gasteiger partial charge in [0.25, 0.3) is 0 Å². The molecule has 84 valence electrons. The molecule has 0 aliphatic rings. The molecule has 0 saturated heterocycles. The Morgan fingerprint density at radius 3 is 2.07 bits per heavy atom. The Balaban J connectivity index is 2.99. The molecule has 1 aromatic rings. The summed E-state index contributed by atoms with van der Waals surface area (Å²) >= 11 is 0. The molecule has 0 spiro atoms. The summed E-state index contributed by atoms with van der Waals surface area (Å²) in [5, 5.41) is 0. The number of hydrogen-bond acceptors (Lipinski definition) is 0. The minimum absolute atomic E-state index is 0.385. The van der Waals surface area contributed by atoms with Crippen LogP contribution in [0.2, 0.25) is 0 Å². The Bertz CT molecular complexity index is 360. The molecule has 0 heterocycles. The fraction of sp³-hybridized carbons (Fsp3) is 0.333. The summed E-state index contributed by atoms with van der Waals surface area (Å²) in [7, 11) is 0. The summed E-state index contributed by atoms with van der Waals surface area (Å²) in [6.07, 6.45) is -3.99. The lowest BCUT2D eigenvalue weighted by atomic mass is 10.1. The third-order valence-corrected chi connectivity index (χ3v) is 1.81. The van der Waals surface area contributed by atoms with Gasteiger partial charge in [0, 0.05) is 6.42 Å². The van der Waals surface area contributed by atoms with Gasteiger partial charge in [-0.1, -0.05) is 0 Å². The summed E-state index contributed by atoms with van der Waals surface area (Å²) in [6, 6.07) is 0.385. The minimum Gasteiger partial charge on any atom is -0.211 e. The van der Waals surface area contributed by atoms with Crippen LogP contribution in [0.15, 0.2) is 6.07 Å². The van der Waals surface area contributed by atoms with E-state index in [-0.39, 0.29) is 0 Å². The predicted molar refractivity (Wildman–Crippen MR) is 40.6 cm³/mol. The highest BCUT2D eigenvalue weighted by molar-refractivity contribution is 5.21. The van der Waals surface area contributed by atoms with Gasteiger partial charge in [-0.05, 0) is 18.1 Å². The van der Waals surface area contributed by atoms with Crippen molar-refractivity contribution in [2.24, 2.45) is 0 Å². The summed E-state index contributed by atoms with van der Waals surface area (Å²) < 4.78 is 74.0. The van der Waals surface area contributed by atoms with E-state index in [0.29, 0.717) is 6.07 Å². The van der Waals surface area contributed by atoms with Gasteiger partial charge in [0.05, 0.1) is 0 Å². The van der Waals surface area contributed by atoms with Crippen molar-refractivity contribution in [2.45, 2.75) is 19.3 Å². The van der Waals surface area contributed by atoms with Gasteiger partial charge in [0.1, 0.15) is 0 Å². The van der Waals surface area contributed by atoms with Crippen LogP contribution in [0.5, 0.6) is 0 Å². The van der Waals surface area contributed by atoms with Gasteiger partial charge in [-0.3, -0.25) is 0 Å². The van der Waals surface area contributed by atoms with E-state index in [1.54, 1.807) is 0 Å². The molecule has 0 fully saturated rings. The largest absolute Gasteiger partial charge is 0.239 e. The van der Waals surface area contributed by atoms with Crippen molar-refractivity contribution >= 4 is 0 Å². The van der Waals surface area contributed by atoms with Crippen LogP contribution in [0.25, 0.3) is 0 Å². The van der Waals surface area contributed by atoms with E-state index < -0.39 is 48.1 Å². The normalized spacial score (nSPS) is 11.1. The molecule has 0 radical (unpaired) electrons. The molecule has 0 atom stereocenters. The van der Waals surface area contributed by atoms with Crippen LogP contribution in [0.3, 0.4) is 0 Å². The fourth-order valence-corrected chi connectivity index (χ4v) is 1.07. The van der Waals surface area contributed by atoms with Crippen LogP contribution in [-0.4, -0.2) is 6.43 Å². The maximum Gasteiger partial charge on any atom is 0.239 e. The Kier molecular flexibility index (Phi) is 3.60. The molecule has 15 heavy (non-hydrogen) atoms. The standard InChI is InChI=1S/C9H6F6/c10-5-3-4(1-2-6(11)12)7(13)9(15)8(5)14/h3,6H,1-2H2. The topological polar surface area (TPSA) is 0 Å². The highest BCUT2D eigenvalue weighted by atomic mass is 19.3. The van der Waals surface area contributed by atoms with E-state index in [2.05, 4.69) is 0 Å². The van der Waals surface area contributed by atoms with Crippen molar-refractivity contribution in [3.05, 3.63) is 34.9 Å². The van der Waals surface area contributed by atoms with E-state index in [0.717, 1.165) is 0 Å². The second kappa shape index (κ2) is 4.55. The lowest BCUT2D eigenvalue weighted by Crippen LogP contribution is -2.03. The summed E-state index contributed by atoms with van der Waals surface area (Å²) in [5.74, 6) is -7.11. The molecule has 0 unspecified atom stereocenters. The Morgan fingerprint density at radius 1 is 0.933 bits per heavy atom. The van der Waals surface area contributed by atoms with Crippen molar-refractivity contribution in [1.29, 1.82) is 0 Å². The summed E-state index contributed by atoms with van der Waals surface area (Å²) in [4.78, 5) is 0. The zero-order valence-electron chi connectivity index (χ0n) is 7.34. The number of rotatable bonds is 3. The second-order valence-corrected chi connectivity index (χ2v) is 2.89. The molecule has 0 amide bonds. The van der Waals surface area contributed by atoms with Crippen LogP contribution in [0, 0.1) is 23.3 Å². The van der Waals surface area contributed by atoms with Crippen molar-refractivity contribution in [2.75, 3.05) is 0 Å². The highest BCUT2D eigenvalue weighted by Gasteiger charge is 2.19. The Morgan fingerprint density at radius 2 is 1.53 bits per heavy atom. The first-order chi connectivity index (χ1) is 6.93. The maximum atomic E-state index is 12.9. The number of benzene rings is 1. The molecule has 0 nitrogen and oxygen atoms in total. The van der Waals surface area contributed by atoms with Crippen LogP contribution < -0.4 is 0 Å². The zero-order chi connectivity index (χ0) is 11.6. The lowest BCUT2D eigenvalue weighted by Gasteiger charge is -2.05. The lowest BCUT2D eigenvalue weighted by molar-refractivity contribution is 0.137. The van der Waals surface area contributed by atoms with Gasteiger partial charge in [-0.15, -0.1) is 0 Å². The molecule has 0 bridgehead atoms. The van der Waals surface area contributed by atoms with Gasteiger partial charge in [-0.25, -0.2) is 26.3 Å². The number of halogens is 6. The smallest absolute Gasteiger partial charge is 0.211 e. The van der Waals surface area contributed by atoms with Crippen LogP contribution in [0.1, 0.15) is 12.0 Å². The van der Waals surface area contributed by atoms with Crippen molar-refractivity contribution in [3.8, 4) is 0 Å². The van der Waals surface area contributed by atoms with Gasteiger partial charge in [-0.2, -0.15) is 0 Å². The van der Waals surface area contributed by atoms with Gasteiger partial charge in [0.15, 0.2) is 23.3 Å². The number of hydrogen-bond donors (Lipinski definition) is 0. The number of aryl methyl sites for hydroxylation is 1. The Labute approximate surface area is 81.5 Å². The summed E-state index contributed by atoms with van der Waals surface area (Å²) in [5.41, 5.74) is -0.591. The highest BCUT2D eigenvalue weighted by Crippen LogP contribution is 2.20. The van der Waals surface area contributed by atoms with Crippen LogP contribution >= 0.6 is 0 Å². The molecule has 0 aliphatic heterocycles. The van der Waals surface area contributed by atoms with E-state index in [1.807, 2.05) is 0 Å². The van der Waals surface area contributed by atoms with Crippen molar-refractivity contribution < 1.29 is 26.3 Å². The van der Waals surface area contributed by atoms with E-state index >= 15 is 0 Å². The number of alkyl halides is 2. The molecule has 6 heteroatoms. The molecule has 0 saturated carbocycles. The quantitative estimate of drug-likeness (QED) is 0.422. The van der Waals surface area contributed by atoms with Crippen LogP contribution in [0.4, 0.5) is 26.3 Å². The van der Waals surface area contributed by atoms with E-state index in [1.165, 1.54) is 0 Å². The molecule has 0 aliphatic carbocycles. The maximum absolute atomic E-state index is 12.9. The van der Waals surface area contributed by atoms with Gasteiger partial charge >= 0.3 is 0 Å². The molecular weight excluding hydrogens is 222 g/mol. The molecule has 0 N–H and O–H groups in total. The second-order valence-electron chi connectivity index (χ2n) is 2.89. The van der Waals surface area contributed by atoms with E-state index in [9.17, 15) is 26.3 Å². The van der Waals surface area contributed by atoms with Gasteiger partial charge < -0.3 is 0 Å². The average molecular weight is 228 g/mol. The first-order valence-electron chi connectivity index (χ1n) is 4.03. The third-order valence-electron chi connectivity index (χ3n) is 1.81. The van der Waals surface area contributed by atoms with Crippen molar-refractivity contribution in [3.63, 3.8) is 0 Å². The summed E-state index contributed by atoms with van der Waals surface area (Å²) in [6.45, 7) is 0. The van der Waals surface area contributed by atoms with Gasteiger partial charge in [0.2, 0.25) is 6.43 Å². The monoisotopic (exact) mass is 228 g/mol. The van der Waals surface area contributed by atoms with Crippen molar-refractivity contribution in [1.82, 2.24) is 0 Å². The first kappa shape index (κ1) is 11.9. The van der Waals surface area contributed by atoms with Crippen LogP contribution in [-0.2, 0) is 6.42 Å². The molecular formula is C9H6F6. The first-order valence-corrected chi connectivity index (χ1v) is 4.03. The minimum atomic E-state index is -2.71. The molecule has 1 rings (SSSR count). The zero-order valence-corrected chi connectivity index (χ0v) is 7.34. The fourth-order valence-electron chi connectivity index (χ4n) is 1.07. The molecule has 0 aromatic heterocycles. The predicted octanol–water partition coefficient (Wildman–Crippen LogP) is 3.44. The Hall–Kier alpha value is -1.20. The third kappa shape index (κ3) is 2.64. The molecule has 1 aromatic carbocycles.